The summed E-state index contributed by atoms with van der Waals surface area (Å²) in [5.41, 5.74) is 0.596. The van der Waals surface area contributed by atoms with E-state index in [-0.39, 0.29) is 12.0 Å². The highest BCUT2D eigenvalue weighted by Gasteiger charge is 2.23. The number of amides is 1. The minimum absolute atomic E-state index is 0.0611. The second kappa shape index (κ2) is 8.20. The average Bonchev–Trinajstić information content (AvgIpc) is 2.99. The fourth-order valence-corrected chi connectivity index (χ4v) is 3.02. The summed E-state index contributed by atoms with van der Waals surface area (Å²) >= 11 is 0. The van der Waals surface area contributed by atoms with Crippen molar-refractivity contribution in [2.75, 3.05) is 26.7 Å². The van der Waals surface area contributed by atoms with E-state index >= 15 is 0 Å². The third-order valence-electron chi connectivity index (χ3n) is 4.19. The number of hydrogen-bond donors (Lipinski definition) is 1. The molecule has 0 bridgehead atoms. The molecule has 2 rings (SSSR count). The lowest BCUT2D eigenvalue weighted by Gasteiger charge is -2.23. The maximum atomic E-state index is 12.4. The van der Waals surface area contributed by atoms with Crippen molar-refractivity contribution in [3.05, 3.63) is 23.8 Å². The molecule has 5 heteroatoms. The van der Waals surface area contributed by atoms with Gasteiger partial charge in [-0.25, -0.2) is 0 Å². The van der Waals surface area contributed by atoms with E-state index in [1.165, 1.54) is 6.42 Å². The van der Waals surface area contributed by atoms with Crippen LogP contribution in [0.15, 0.2) is 18.2 Å². The number of rotatable bonds is 7. The van der Waals surface area contributed by atoms with E-state index in [1.54, 1.807) is 25.3 Å². The molecule has 23 heavy (non-hydrogen) atoms. The van der Waals surface area contributed by atoms with Gasteiger partial charge in [0.15, 0.2) is 11.5 Å². The average molecular weight is 320 g/mol. The minimum atomic E-state index is -0.0673. The number of likely N-dealkylation sites (N-methyl/N-ethyl adjacent to an activating group) is 1. The Balaban J connectivity index is 1.99. The summed E-state index contributed by atoms with van der Waals surface area (Å²) < 4.78 is 11.0. The largest absolute Gasteiger partial charge is 0.493 e. The van der Waals surface area contributed by atoms with Crippen LogP contribution in [-0.4, -0.2) is 49.7 Å². The SMILES string of the molecule is CCN1CCCC1CNC(=O)c1ccc(OC(C)C)c(OC)c1. The first-order valence-electron chi connectivity index (χ1n) is 8.42. The Hall–Kier alpha value is -1.75. The number of likely N-dealkylation sites (tertiary alicyclic amines) is 1. The smallest absolute Gasteiger partial charge is 0.251 e. The van der Waals surface area contributed by atoms with Crippen molar-refractivity contribution in [1.82, 2.24) is 10.2 Å². The van der Waals surface area contributed by atoms with Gasteiger partial charge in [-0.15, -0.1) is 0 Å². The van der Waals surface area contributed by atoms with Gasteiger partial charge in [0.25, 0.3) is 5.91 Å². The standard InChI is InChI=1S/C18H28N2O3/c1-5-20-10-6-7-15(20)12-19-18(21)14-8-9-16(23-13(2)3)17(11-14)22-4/h8-9,11,13,15H,5-7,10,12H2,1-4H3,(H,19,21). The number of nitrogens with one attached hydrogen (secondary N) is 1. The summed E-state index contributed by atoms with van der Waals surface area (Å²) in [6, 6.07) is 5.76. The maximum absolute atomic E-state index is 12.4. The molecule has 1 N–H and O–H groups in total. The van der Waals surface area contributed by atoms with E-state index in [0.29, 0.717) is 29.6 Å². The van der Waals surface area contributed by atoms with Crippen LogP contribution >= 0.6 is 0 Å². The first-order chi connectivity index (χ1) is 11.0. The van der Waals surface area contributed by atoms with E-state index in [2.05, 4.69) is 17.1 Å². The predicted molar refractivity (Wildman–Crippen MR) is 91.4 cm³/mol. The summed E-state index contributed by atoms with van der Waals surface area (Å²) in [5, 5.41) is 3.04. The molecule has 128 valence electrons. The van der Waals surface area contributed by atoms with E-state index in [9.17, 15) is 4.79 Å². The van der Waals surface area contributed by atoms with Crippen molar-refractivity contribution in [3.8, 4) is 11.5 Å². The molecule has 1 atom stereocenters. The van der Waals surface area contributed by atoms with Crippen LogP contribution in [0.25, 0.3) is 0 Å². The molecule has 0 radical (unpaired) electrons. The van der Waals surface area contributed by atoms with Crippen molar-refractivity contribution >= 4 is 5.91 Å². The topological polar surface area (TPSA) is 50.8 Å². The Morgan fingerprint density at radius 2 is 2.17 bits per heavy atom. The van der Waals surface area contributed by atoms with Crippen LogP contribution in [-0.2, 0) is 0 Å². The lowest BCUT2D eigenvalue weighted by molar-refractivity contribution is 0.0941. The first-order valence-corrected chi connectivity index (χ1v) is 8.42. The monoisotopic (exact) mass is 320 g/mol. The van der Waals surface area contributed by atoms with Crippen LogP contribution in [0.1, 0.15) is 44.0 Å². The number of carbonyl (C=O) groups excluding carboxylic acids is 1. The molecule has 1 aromatic carbocycles. The highest BCUT2D eigenvalue weighted by atomic mass is 16.5. The van der Waals surface area contributed by atoms with Gasteiger partial charge in [-0.05, 0) is 58.0 Å². The Morgan fingerprint density at radius 1 is 1.39 bits per heavy atom. The van der Waals surface area contributed by atoms with Crippen molar-refractivity contribution in [2.24, 2.45) is 0 Å². The zero-order valence-electron chi connectivity index (χ0n) is 14.6. The highest BCUT2D eigenvalue weighted by molar-refractivity contribution is 5.94. The fraction of sp³-hybridized carbons (Fsp3) is 0.611. The number of carbonyl (C=O) groups is 1. The number of ether oxygens (including phenoxy) is 2. The summed E-state index contributed by atoms with van der Waals surface area (Å²) in [6.45, 7) is 8.95. The van der Waals surface area contributed by atoms with Crippen LogP contribution in [0, 0.1) is 0 Å². The molecule has 1 fully saturated rings. The van der Waals surface area contributed by atoms with Gasteiger partial charge in [-0.3, -0.25) is 9.69 Å². The van der Waals surface area contributed by atoms with Crippen LogP contribution in [0.3, 0.4) is 0 Å². The predicted octanol–water partition coefficient (Wildman–Crippen LogP) is 2.70. The quantitative estimate of drug-likeness (QED) is 0.839. The molecule has 0 aromatic heterocycles. The zero-order chi connectivity index (χ0) is 16.8. The molecule has 1 amide bonds. The molecule has 1 aliphatic heterocycles. The number of methoxy groups -OCH3 is 1. The molecule has 1 saturated heterocycles. The number of benzene rings is 1. The highest BCUT2D eigenvalue weighted by Crippen LogP contribution is 2.29. The lowest BCUT2D eigenvalue weighted by Crippen LogP contribution is -2.40. The Kier molecular flexibility index (Phi) is 6.28. The summed E-state index contributed by atoms with van der Waals surface area (Å²) in [4.78, 5) is 14.8. The summed E-state index contributed by atoms with van der Waals surface area (Å²) in [7, 11) is 1.59. The summed E-state index contributed by atoms with van der Waals surface area (Å²) in [6.07, 6.45) is 2.42. The molecule has 1 aliphatic rings. The lowest BCUT2D eigenvalue weighted by atomic mass is 10.1. The number of hydrogen-bond acceptors (Lipinski definition) is 4. The third kappa shape index (κ3) is 4.61. The Bertz CT molecular complexity index is 531. The van der Waals surface area contributed by atoms with Crippen LogP contribution in [0.4, 0.5) is 0 Å². The maximum Gasteiger partial charge on any atom is 0.251 e. The molecule has 0 saturated carbocycles. The van der Waals surface area contributed by atoms with Gasteiger partial charge in [0, 0.05) is 18.2 Å². The fourth-order valence-electron chi connectivity index (χ4n) is 3.02. The Labute approximate surface area is 139 Å². The van der Waals surface area contributed by atoms with Crippen molar-refractivity contribution < 1.29 is 14.3 Å². The van der Waals surface area contributed by atoms with E-state index < -0.39 is 0 Å². The van der Waals surface area contributed by atoms with Gasteiger partial charge < -0.3 is 14.8 Å². The molecule has 0 spiro atoms. The van der Waals surface area contributed by atoms with Crippen molar-refractivity contribution in [3.63, 3.8) is 0 Å². The van der Waals surface area contributed by atoms with Gasteiger partial charge in [0.05, 0.1) is 13.2 Å². The molecular weight excluding hydrogens is 292 g/mol. The zero-order valence-corrected chi connectivity index (χ0v) is 14.6. The van der Waals surface area contributed by atoms with E-state index in [4.69, 9.17) is 9.47 Å². The first kappa shape index (κ1) is 17.6. The Morgan fingerprint density at radius 3 is 2.83 bits per heavy atom. The molecule has 1 heterocycles. The van der Waals surface area contributed by atoms with Gasteiger partial charge in [-0.1, -0.05) is 6.92 Å². The molecule has 1 unspecified atom stereocenters. The third-order valence-corrected chi connectivity index (χ3v) is 4.19. The number of nitrogens with zero attached hydrogens (tertiary/aromatic N) is 1. The second-order valence-corrected chi connectivity index (χ2v) is 6.17. The van der Waals surface area contributed by atoms with Crippen LogP contribution in [0.2, 0.25) is 0 Å². The van der Waals surface area contributed by atoms with Gasteiger partial charge in [-0.2, -0.15) is 0 Å². The van der Waals surface area contributed by atoms with Crippen LogP contribution < -0.4 is 14.8 Å². The van der Waals surface area contributed by atoms with E-state index in [0.717, 1.165) is 19.5 Å². The second-order valence-electron chi connectivity index (χ2n) is 6.17. The van der Waals surface area contributed by atoms with Crippen molar-refractivity contribution in [1.29, 1.82) is 0 Å². The molecule has 0 aliphatic carbocycles. The van der Waals surface area contributed by atoms with Gasteiger partial charge in [0.2, 0.25) is 0 Å². The van der Waals surface area contributed by atoms with E-state index in [1.807, 2.05) is 13.8 Å². The summed E-state index contributed by atoms with van der Waals surface area (Å²) in [5.74, 6) is 1.18. The molecular formula is C18H28N2O3. The molecule has 5 nitrogen and oxygen atoms in total. The van der Waals surface area contributed by atoms with Crippen molar-refractivity contribution in [2.45, 2.75) is 45.8 Å². The normalized spacial score (nSPS) is 18.2. The van der Waals surface area contributed by atoms with Gasteiger partial charge in [0.1, 0.15) is 0 Å². The van der Waals surface area contributed by atoms with Gasteiger partial charge >= 0.3 is 0 Å². The molecule has 1 aromatic rings. The van der Waals surface area contributed by atoms with Crippen LogP contribution in [0.5, 0.6) is 11.5 Å². The minimum Gasteiger partial charge on any atom is -0.493 e.